The van der Waals surface area contributed by atoms with E-state index in [4.69, 9.17) is 17.2 Å². The summed E-state index contributed by atoms with van der Waals surface area (Å²) in [5, 5.41) is 4.06. The van der Waals surface area contributed by atoms with Gasteiger partial charge in [0.05, 0.1) is 11.2 Å². The van der Waals surface area contributed by atoms with Crippen molar-refractivity contribution < 1.29 is 4.79 Å². The third-order valence-electron chi connectivity index (χ3n) is 1.29. The highest BCUT2D eigenvalue weighted by molar-refractivity contribution is 7.07. The molecular formula is C6H10N6OS. The number of thiazole rings is 1. The van der Waals surface area contributed by atoms with Crippen LogP contribution in [0.15, 0.2) is 15.9 Å². The first-order valence-electron chi connectivity index (χ1n) is 3.62. The van der Waals surface area contributed by atoms with Crippen LogP contribution in [0.2, 0.25) is 0 Å². The van der Waals surface area contributed by atoms with Gasteiger partial charge in [-0.15, -0.1) is 11.3 Å². The van der Waals surface area contributed by atoms with Gasteiger partial charge in [0.2, 0.25) is 0 Å². The molecule has 0 aromatic carbocycles. The molecule has 1 aromatic heterocycles. The maximum Gasteiger partial charge on any atom is 0.314 e. The van der Waals surface area contributed by atoms with Gasteiger partial charge < -0.3 is 22.5 Å². The van der Waals surface area contributed by atoms with Gasteiger partial charge in [-0.25, -0.2) is 14.8 Å². The Morgan fingerprint density at radius 3 is 2.71 bits per heavy atom. The molecule has 7 N–H and O–H groups in total. The molecule has 2 amide bonds. The second kappa shape index (κ2) is 4.42. The van der Waals surface area contributed by atoms with Gasteiger partial charge in [-0.05, 0) is 0 Å². The van der Waals surface area contributed by atoms with Crippen molar-refractivity contribution in [2.75, 3.05) is 0 Å². The first-order chi connectivity index (χ1) is 6.59. The Morgan fingerprint density at radius 1 is 1.57 bits per heavy atom. The molecule has 1 heterocycles. The number of carbonyl (C=O) groups excluding carboxylic acids is 1. The number of carbonyl (C=O) groups is 1. The van der Waals surface area contributed by atoms with Crippen molar-refractivity contribution >= 4 is 23.3 Å². The molecule has 0 fully saturated rings. The summed E-state index contributed by atoms with van der Waals surface area (Å²) >= 11 is 1.37. The van der Waals surface area contributed by atoms with E-state index in [0.717, 1.165) is 0 Å². The zero-order valence-corrected chi connectivity index (χ0v) is 7.99. The van der Waals surface area contributed by atoms with Gasteiger partial charge >= 0.3 is 6.03 Å². The average Bonchev–Trinajstić information content (AvgIpc) is 2.52. The standard InChI is InChI=1S/C6H10N6OS/c7-5(8)11-4(12-6(9)13)3-1-14-2-10-3/h1-2,4H,(H4,7,8,11)(H3,9,12,13). The zero-order chi connectivity index (χ0) is 10.6. The molecule has 0 bridgehead atoms. The third-order valence-corrected chi connectivity index (χ3v) is 1.89. The lowest BCUT2D eigenvalue weighted by atomic mass is 10.4. The molecule has 1 aromatic rings. The number of aliphatic imine (C=N–C) groups is 1. The predicted molar refractivity (Wildman–Crippen MR) is 53.4 cm³/mol. The van der Waals surface area contributed by atoms with E-state index in [2.05, 4.69) is 15.3 Å². The normalized spacial score (nSPS) is 11.7. The van der Waals surface area contributed by atoms with Gasteiger partial charge in [-0.2, -0.15) is 0 Å². The average molecular weight is 214 g/mol. The molecule has 0 spiro atoms. The van der Waals surface area contributed by atoms with Crippen LogP contribution in [0, 0.1) is 0 Å². The summed E-state index contributed by atoms with van der Waals surface area (Å²) in [6, 6.07) is -0.715. The van der Waals surface area contributed by atoms with Gasteiger partial charge in [0.1, 0.15) is 0 Å². The number of nitrogens with zero attached hydrogens (tertiary/aromatic N) is 2. The molecule has 0 saturated carbocycles. The van der Waals surface area contributed by atoms with Crippen molar-refractivity contribution in [1.29, 1.82) is 0 Å². The van der Waals surface area contributed by atoms with E-state index in [9.17, 15) is 4.79 Å². The lowest BCUT2D eigenvalue weighted by molar-refractivity contribution is 0.245. The number of hydrogen-bond donors (Lipinski definition) is 4. The molecule has 0 radical (unpaired) electrons. The quantitative estimate of drug-likeness (QED) is 0.382. The van der Waals surface area contributed by atoms with Gasteiger partial charge in [0.15, 0.2) is 12.1 Å². The van der Waals surface area contributed by atoms with E-state index in [1.807, 2.05) is 0 Å². The van der Waals surface area contributed by atoms with Crippen LogP contribution >= 0.6 is 11.3 Å². The number of nitrogens with two attached hydrogens (primary N) is 3. The topological polar surface area (TPSA) is 132 Å². The van der Waals surface area contributed by atoms with Crippen LogP contribution in [0.4, 0.5) is 4.79 Å². The minimum atomic E-state index is -0.719. The summed E-state index contributed by atoms with van der Waals surface area (Å²) in [7, 11) is 0. The van der Waals surface area contributed by atoms with Crippen molar-refractivity contribution in [2.24, 2.45) is 22.2 Å². The van der Waals surface area contributed by atoms with Crippen LogP contribution in [0.25, 0.3) is 0 Å². The zero-order valence-electron chi connectivity index (χ0n) is 7.18. The second-order valence-corrected chi connectivity index (χ2v) is 3.10. The predicted octanol–water partition coefficient (Wildman–Crippen LogP) is -0.917. The molecule has 7 nitrogen and oxygen atoms in total. The van der Waals surface area contributed by atoms with Gasteiger partial charge in [-0.1, -0.05) is 0 Å². The summed E-state index contributed by atoms with van der Waals surface area (Å²) in [6.45, 7) is 0. The van der Waals surface area contributed by atoms with E-state index in [1.54, 1.807) is 10.9 Å². The van der Waals surface area contributed by atoms with Gasteiger partial charge in [0, 0.05) is 5.38 Å². The molecule has 76 valence electrons. The van der Waals surface area contributed by atoms with Crippen LogP contribution in [0.1, 0.15) is 11.9 Å². The number of guanidine groups is 1. The highest BCUT2D eigenvalue weighted by Gasteiger charge is 2.13. The number of nitrogens with one attached hydrogen (secondary N) is 1. The molecule has 0 aliphatic heterocycles. The van der Waals surface area contributed by atoms with Crippen molar-refractivity contribution in [3.05, 3.63) is 16.6 Å². The first-order valence-corrected chi connectivity index (χ1v) is 4.56. The molecule has 0 saturated heterocycles. The number of aromatic nitrogens is 1. The van der Waals surface area contributed by atoms with Crippen molar-refractivity contribution in [3.63, 3.8) is 0 Å². The van der Waals surface area contributed by atoms with Crippen LogP contribution in [-0.4, -0.2) is 17.0 Å². The minimum Gasteiger partial charge on any atom is -0.370 e. The molecule has 0 aliphatic carbocycles. The Balaban J connectivity index is 2.83. The van der Waals surface area contributed by atoms with E-state index in [1.165, 1.54) is 11.3 Å². The van der Waals surface area contributed by atoms with Crippen molar-refractivity contribution in [2.45, 2.75) is 6.17 Å². The van der Waals surface area contributed by atoms with Gasteiger partial charge in [0.25, 0.3) is 0 Å². The Morgan fingerprint density at radius 2 is 2.29 bits per heavy atom. The van der Waals surface area contributed by atoms with Crippen LogP contribution in [0.3, 0.4) is 0 Å². The maximum absolute atomic E-state index is 10.6. The largest absolute Gasteiger partial charge is 0.370 e. The fraction of sp³-hybridized carbons (Fsp3) is 0.167. The lowest BCUT2D eigenvalue weighted by Crippen LogP contribution is -2.35. The summed E-state index contributed by atoms with van der Waals surface area (Å²) in [4.78, 5) is 18.3. The highest BCUT2D eigenvalue weighted by Crippen LogP contribution is 2.13. The summed E-state index contributed by atoms with van der Waals surface area (Å²) < 4.78 is 0. The van der Waals surface area contributed by atoms with Crippen LogP contribution in [0.5, 0.6) is 0 Å². The monoisotopic (exact) mass is 214 g/mol. The fourth-order valence-corrected chi connectivity index (χ4v) is 1.39. The Hall–Kier alpha value is -1.83. The Bertz CT molecular complexity index is 330. The summed E-state index contributed by atoms with van der Waals surface area (Å²) in [6.07, 6.45) is -0.719. The number of urea groups is 1. The van der Waals surface area contributed by atoms with Crippen molar-refractivity contribution in [1.82, 2.24) is 10.3 Å². The highest BCUT2D eigenvalue weighted by atomic mass is 32.1. The number of amides is 2. The SMILES string of the molecule is NC(=O)NC(N=C(N)N)c1cscn1. The summed E-state index contributed by atoms with van der Waals surface area (Å²) in [5.74, 6) is -0.142. The van der Waals surface area contributed by atoms with Gasteiger partial charge in [-0.3, -0.25) is 0 Å². The number of hydrogen-bond acceptors (Lipinski definition) is 4. The fourth-order valence-electron chi connectivity index (χ4n) is 0.813. The number of primary amides is 1. The van der Waals surface area contributed by atoms with E-state index in [-0.39, 0.29) is 5.96 Å². The van der Waals surface area contributed by atoms with Crippen LogP contribution in [-0.2, 0) is 0 Å². The van der Waals surface area contributed by atoms with E-state index >= 15 is 0 Å². The van der Waals surface area contributed by atoms with E-state index < -0.39 is 12.2 Å². The number of rotatable bonds is 3. The molecule has 14 heavy (non-hydrogen) atoms. The molecule has 1 atom stereocenters. The summed E-state index contributed by atoms with van der Waals surface area (Å²) in [5.41, 5.74) is 17.5. The molecule has 8 heteroatoms. The molecule has 0 aliphatic rings. The first kappa shape index (κ1) is 10.3. The van der Waals surface area contributed by atoms with E-state index in [0.29, 0.717) is 5.69 Å². The maximum atomic E-state index is 10.6. The minimum absolute atomic E-state index is 0.142. The molecule has 1 rings (SSSR count). The van der Waals surface area contributed by atoms with Crippen molar-refractivity contribution in [3.8, 4) is 0 Å². The Kier molecular flexibility index (Phi) is 3.24. The second-order valence-electron chi connectivity index (χ2n) is 2.38. The van der Waals surface area contributed by atoms with Crippen LogP contribution < -0.4 is 22.5 Å². The Labute approximate surface area is 84.0 Å². The smallest absolute Gasteiger partial charge is 0.314 e. The third kappa shape index (κ3) is 2.90. The molecular weight excluding hydrogens is 204 g/mol. The molecule has 1 unspecified atom stereocenters. The lowest BCUT2D eigenvalue weighted by Gasteiger charge is -2.10.